The Morgan fingerprint density at radius 2 is 1.78 bits per heavy atom. The molecule has 0 aromatic rings. The molecule has 0 aromatic heterocycles. The predicted octanol–water partition coefficient (Wildman–Crippen LogP) is 0.110. The average Bonchev–Trinajstić information content (AvgIpc) is 3.37. The first kappa shape index (κ1) is 26.8. The zero-order chi connectivity index (χ0) is 24.7. The lowest BCUT2D eigenvalue weighted by Crippen LogP contribution is -2.95. The second-order valence-electron chi connectivity index (χ2n) is 12.6. The van der Waals surface area contributed by atoms with Gasteiger partial charge in [0.05, 0.1) is 25.7 Å². The van der Waals surface area contributed by atoms with Crippen LogP contribution in [0.2, 0.25) is 0 Å². The molecule has 4 aliphatic heterocycles. The summed E-state index contributed by atoms with van der Waals surface area (Å²) in [6, 6.07) is 1.17. The number of nitrogens with two attached hydrogens (primary N) is 2. The van der Waals surface area contributed by atoms with Gasteiger partial charge in [-0.1, -0.05) is 19.3 Å². The molecule has 5 N–H and O–H groups in total. The number of nitrogens with zero attached hydrogens (tertiary/aromatic N) is 3. The van der Waals surface area contributed by atoms with E-state index in [0.717, 1.165) is 64.6 Å². The number of piperazine rings is 1. The Morgan fingerprint density at radius 1 is 0.972 bits per heavy atom. The van der Waals surface area contributed by atoms with Crippen LogP contribution < -0.4 is 16.1 Å². The molecule has 8 nitrogen and oxygen atoms in total. The van der Waals surface area contributed by atoms with Crippen LogP contribution in [0.5, 0.6) is 0 Å². The molecule has 1 saturated carbocycles. The van der Waals surface area contributed by atoms with Crippen molar-refractivity contribution in [3.63, 3.8) is 0 Å². The van der Waals surface area contributed by atoms with Gasteiger partial charge in [0.25, 0.3) is 0 Å². The Bertz CT molecular complexity index is 675. The van der Waals surface area contributed by atoms with Crippen LogP contribution in [0.3, 0.4) is 0 Å². The summed E-state index contributed by atoms with van der Waals surface area (Å²) in [5.41, 5.74) is 3.39. The van der Waals surface area contributed by atoms with Crippen molar-refractivity contribution in [1.82, 2.24) is 20.2 Å². The quantitative estimate of drug-likeness (QED) is 0.436. The maximum atomic E-state index is 13.3. The molecule has 1 aliphatic carbocycles. The number of amides is 1. The third-order valence-corrected chi connectivity index (χ3v) is 10.1. The maximum Gasteiger partial charge on any atom is 0.222 e. The summed E-state index contributed by atoms with van der Waals surface area (Å²) in [5.74, 6) is 1.54. The summed E-state index contributed by atoms with van der Waals surface area (Å²) in [5, 5.41) is 4.98. The van der Waals surface area contributed by atoms with E-state index in [0.29, 0.717) is 36.1 Å². The molecule has 206 valence electrons. The van der Waals surface area contributed by atoms with Gasteiger partial charge in [-0.2, -0.15) is 5.48 Å². The Hall–Kier alpha value is -0.770. The van der Waals surface area contributed by atoms with Crippen LogP contribution in [-0.2, 0) is 9.63 Å². The van der Waals surface area contributed by atoms with E-state index in [2.05, 4.69) is 37.9 Å². The number of carbonyl (C=O) groups is 1. The summed E-state index contributed by atoms with van der Waals surface area (Å²) in [6.07, 6.45) is 16.0. The monoisotopic (exact) mass is 506 g/mol. The van der Waals surface area contributed by atoms with E-state index in [1.165, 1.54) is 70.9 Å². The molecule has 4 saturated heterocycles. The minimum Gasteiger partial charge on any atom is -0.346 e. The summed E-state index contributed by atoms with van der Waals surface area (Å²) in [6.45, 7) is 8.57. The summed E-state index contributed by atoms with van der Waals surface area (Å²) >= 11 is 0. The van der Waals surface area contributed by atoms with Gasteiger partial charge in [0, 0.05) is 70.0 Å². The van der Waals surface area contributed by atoms with E-state index in [9.17, 15) is 4.79 Å². The van der Waals surface area contributed by atoms with Crippen molar-refractivity contribution in [2.45, 2.75) is 101 Å². The predicted molar refractivity (Wildman–Crippen MR) is 141 cm³/mol. The molecule has 0 bridgehead atoms. The lowest BCUT2D eigenvalue weighted by Gasteiger charge is -2.40. The molecule has 36 heavy (non-hydrogen) atoms. The van der Waals surface area contributed by atoms with Gasteiger partial charge >= 0.3 is 0 Å². The summed E-state index contributed by atoms with van der Waals surface area (Å²) in [4.78, 5) is 26.7. The molecule has 0 radical (unpaired) electrons. The standard InChI is InChI=1S/C28H52N6O2/c1-32(25-7-3-2-4-8-25)21-26-19-24(31-36-26)17-23-20-29-12-10-22(23)18-28(35)34-15-13-33(14-16-34)27-9-5-6-11-30-27/h22-27,29-31H,2-21H2,1H3/p+2. The molecule has 5 fully saturated rings. The normalized spacial score (nSPS) is 35.4. The highest BCUT2D eigenvalue weighted by atomic mass is 16.7. The molecule has 1 amide bonds. The van der Waals surface area contributed by atoms with E-state index in [-0.39, 0.29) is 0 Å². The molecule has 0 spiro atoms. The summed E-state index contributed by atoms with van der Waals surface area (Å²) < 4.78 is 0. The fraction of sp³-hybridized carbons (Fsp3) is 0.964. The van der Waals surface area contributed by atoms with Crippen molar-refractivity contribution in [3.05, 3.63) is 0 Å². The number of carbonyl (C=O) groups excluding carboxylic acids is 1. The van der Waals surface area contributed by atoms with Crippen molar-refractivity contribution in [2.24, 2.45) is 11.8 Å². The first-order chi connectivity index (χ1) is 17.7. The number of hydroxylamine groups is 1. The third-order valence-electron chi connectivity index (χ3n) is 10.1. The Balaban J connectivity index is 1.05. The highest BCUT2D eigenvalue weighted by Crippen LogP contribution is 2.29. The van der Waals surface area contributed by atoms with Gasteiger partial charge in [0.1, 0.15) is 6.17 Å². The number of hydrogen-bond donors (Lipinski definition) is 3. The number of likely N-dealkylation sites (N-methyl/N-ethyl adjacent to an activating group) is 1. The van der Waals surface area contributed by atoms with E-state index in [1.807, 2.05) is 0 Å². The Labute approximate surface area is 219 Å². The van der Waals surface area contributed by atoms with Crippen molar-refractivity contribution >= 4 is 5.91 Å². The molecule has 5 rings (SSSR count). The van der Waals surface area contributed by atoms with E-state index in [1.54, 1.807) is 0 Å². The highest BCUT2D eigenvalue weighted by Gasteiger charge is 2.37. The zero-order valence-corrected chi connectivity index (χ0v) is 22.9. The van der Waals surface area contributed by atoms with Gasteiger partial charge in [-0.15, -0.1) is 0 Å². The molecule has 4 heterocycles. The molecular formula is C28H54N6O2+2. The van der Waals surface area contributed by atoms with Gasteiger partial charge < -0.3 is 20.4 Å². The number of hydrogen-bond acceptors (Lipinski definition) is 5. The van der Waals surface area contributed by atoms with Crippen molar-refractivity contribution in [2.75, 3.05) is 59.4 Å². The van der Waals surface area contributed by atoms with Gasteiger partial charge in [-0.25, -0.2) is 0 Å². The highest BCUT2D eigenvalue weighted by molar-refractivity contribution is 5.76. The molecule has 0 aromatic carbocycles. The fourth-order valence-corrected chi connectivity index (χ4v) is 7.78. The van der Waals surface area contributed by atoms with Gasteiger partial charge in [0.2, 0.25) is 5.91 Å². The number of rotatable bonds is 8. The first-order valence-electron chi connectivity index (χ1n) is 15.4. The zero-order valence-electron chi connectivity index (χ0n) is 22.9. The minimum absolute atomic E-state index is 0.298. The van der Waals surface area contributed by atoms with Gasteiger partial charge in [-0.05, 0) is 51.5 Å². The van der Waals surface area contributed by atoms with Crippen LogP contribution >= 0.6 is 0 Å². The molecule has 5 unspecified atom stereocenters. The van der Waals surface area contributed by atoms with Crippen LogP contribution in [0.4, 0.5) is 0 Å². The van der Waals surface area contributed by atoms with Crippen molar-refractivity contribution in [1.29, 1.82) is 0 Å². The van der Waals surface area contributed by atoms with Crippen LogP contribution in [0.15, 0.2) is 0 Å². The van der Waals surface area contributed by atoms with Crippen LogP contribution in [0.25, 0.3) is 0 Å². The second-order valence-corrected chi connectivity index (χ2v) is 12.6. The maximum absolute atomic E-state index is 13.3. The summed E-state index contributed by atoms with van der Waals surface area (Å²) in [7, 11) is 2.29. The molecular weight excluding hydrogens is 452 g/mol. The topological polar surface area (TPSA) is 81.3 Å². The van der Waals surface area contributed by atoms with Crippen molar-refractivity contribution < 1.29 is 20.3 Å². The van der Waals surface area contributed by atoms with Crippen LogP contribution in [0, 0.1) is 11.8 Å². The molecule has 8 heteroatoms. The van der Waals surface area contributed by atoms with Gasteiger partial charge in [0.15, 0.2) is 0 Å². The smallest absolute Gasteiger partial charge is 0.222 e. The third kappa shape index (κ3) is 7.20. The second kappa shape index (κ2) is 13.3. The largest absolute Gasteiger partial charge is 0.346 e. The van der Waals surface area contributed by atoms with E-state index >= 15 is 0 Å². The minimum atomic E-state index is 0.298. The van der Waals surface area contributed by atoms with Crippen molar-refractivity contribution in [3.8, 4) is 0 Å². The number of quaternary nitrogens is 2. The lowest BCUT2D eigenvalue weighted by atomic mass is 9.79. The van der Waals surface area contributed by atoms with Crippen LogP contribution in [-0.4, -0.2) is 104 Å². The average molecular weight is 507 g/mol. The number of nitrogens with one attached hydrogen (secondary N) is 1. The SMILES string of the molecule is CN(CC1CC(CC2C[NH2+]CCC2CC(=O)N2CCN(C3CCCC[NH2+]3)CC2)NO1)C1CCCCC1. The Morgan fingerprint density at radius 3 is 2.56 bits per heavy atom. The van der Waals surface area contributed by atoms with Gasteiger partial charge in [-0.3, -0.25) is 14.5 Å². The van der Waals surface area contributed by atoms with Crippen LogP contribution in [0.1, 0.15) is 77.0 Å². The van der Waals surface area contributed by atoms with E-state index in [4.69, 9.17) is 4.84 Å². The molecule has 5 aliphatic rings. The fourth-order valence-electron chi connectivity index (χ4n) is 7.78. The van der Waals surface area contributed by atoms with E-state index < -0.39 is 0 Å². The lowest BCUT2D eigenvalue weighted by molar-refractivity contribution is -0.717. The Kier molecular flexibility index (Phi) is 9.94. The first-order valence-corrected chi connectivity index (χ1v) is 15.4. The number of piperidine rings is 2. The molecule has 5 atom stereocenters.